The van der Waals surface area contributed by atoms with Crippen molar-refractivity contribution in [2.45, 2.75) is 57.8 Å². The van der Waals surface area contributed by atoms with Gasteiger partial charge >= 0.3 is 5.97 Å². The molecule has 19 heavy (non-hydrogen) atoms. The lowest BCUT2D eigenvalue weighted by Gasteiger charge is -2.37. The fourth-order valence-corrected chi connectivity index (χ4v) is 2.41. The van der Waals surface area contributed by atoms with Crippen LogP contribution in [0.4, 0.5) is 0 Å². The van der Waals surface area contributed by atoms with Crippen LogP contribution in [-0.4, -0.2) is 23.0 Å². The first kappa shape index (κ1) is 14.0. The monoisotopic (exact) mass is 262 g/mol. The van der Waals surface area contributed by atoms with E-state index in [2.05, 4.69) is 30.7 Å². The fourth-order valence-electron chi connectivity index (χ4n) is 2.41. The predicted molar refractivity (Wildman–Crippen MR) is 73.0 cm³/mol. The Morgan fingerprint density at radius 1 is 1.32 bits per heavy atom. The molecular formula is C15H22N2O2. The molecule has 1 aromatic rings. The van der Waals surface area contributed by atoms with Crippen molar-refractivity contribution >= 4 is 5.97 Å². The Hall–Kier alpha value is -1.45. The van der Waals surface area contributed by atoms with E-state index in [1.54, 1.807) is 0 Å². The Morgan fingerprint density at radius 3 is 2.37 bits per heavy atom. The van der Waals surface area contributed by atoms with Crippen LogP contribution in [0.5, 0.6) is 0 Å². The second kappa shape index (κ2) is 4.58. The van der Waals surface area contributed by atoms with Gasteiger partial charge in [-0.1, -0.05) is 27.2 Å². The second-order valence-electron chi connectivity index (χ2n) is 6.40. The van der Waals surface area contributed by atoms with Crippen LogP contribution in [0.15, 0.2) is 6.07 Å². The number of hydrogen-bond donors (Lipinski definition) is 0. The summed E-state index contributed by atoms with van der Waals surface area (Å²) in [4.78, 5) is 21.2. The molecule has 0 amide bonds. The summed E-state index contributed by atoms with van der Waals surface area (Å²) in [5, 5.41) is 0. The first-order valence-corrected chi connectivity index (χ1v) is 6.75. The van der Waals surface area contributed by atoms with Crippen molar-refractivity contribution in [1.29, 1.82) is 0 Å². The van der Waals surface area contributed by atoms with Crippen LogP contribution in [0.25, 0.3) is 0 Å². The van der Waals surface area contributed by atoms with Gasteiger partial charge in [-0.25, -0.2) is 9.97 Å². The van der Waals surface area contributed by atoms with E-state index in [1.165, 1.54) is 7.11 Å². The van der Waals surface area contributed by atoms with Crippen LogP contribution in [0.1, 0.15) is 57.2 Å². The van der Waals surface area contributed by atoms with Crippen LogP contribution in [0.3, 0.4) is 0 Å². The molecule has 0 aromatic carbocycles. The van der Waals surface area contributed by atoms with Crippen LogP contribution < -0.4 is 0 Å². The predicted octanol–water partition coefficient (Wildman–Crippen LogP) is 2.68. The normalized spacial score (nSPS) is 17.7. The number of carbonyl (C=O) groups excluding carboxylic acids is 1. The SMILES string of the molecule is COC(=O)C1(c2nc(C)cc(C(C)(C)C)n2)CCC1. The van der Waals surface area contributed by atoms with E-state index in [9.17, 15) is 4.79 Å². The Morgan fingerprint density at radius 2 is 1.95 bits per heavy atom. The molecule has 0 radical (unpaired) electrons. The zero-order valence-electron chi connectivity index (χ0n) is 12.4. The molecule has 1 aliphatic rings. The summed E-state index contributed by atoms with van der Waals surface area (Å²) in [6.07, 6.45) is 2.59. The van der Waals surface area contributed by atoms with Gasteiger partial charge in [0, 0.05) is 16.8 Å². The van der Waals surface area contributed by atoms with E-state index >= 15 is 0 Å². The van der Waals surface area contributed by atoms with Crippen molar-refractivity contribution in [3.63, 3.8) is 0 Å². The lowest BCUT2D eigenvalue weighted by Crippen LogP contribution is -2.45. The van der Waals surface area contributed by atoms with Gasteiger partial charge in [-0.05, 0) is 25.8 Å². The largest absolute Gasteiger partial charge is 0.468 e. The Bertz CT molecular complexity index is 499. The van der Waals surface area contributed by atoms with E-state index in [0.717, 1.165) is 30.7 Å². The van der Waals surface area contributed by atoms with Crippen LogP contribution in [0, 0.1) is 6.92 Å². The highest BCUT2D eigenvalue weighted by molar-refractivity contribution is 5.83. The molecule has 0 unspecified atom stereocenters. The van der Waals surface area contributed by atoms with Crippen molar-refractivity contribution in [3.05, 3.63) is 23.3 Å². The summed E-state index contributed by atoms with van der Waals surface area (Å²) >= 11 is 0. The van der Waals surface area contributed by atoms with Gasteiger partial charge in [-0.2, -0.15) is 0 Å². The van der Waals surface area contributed by atoms with Crippen LogP contribution >= 0.6 is 0 Å². The van der Waals surface area contributed by atoms with Crippen LogP contribution in [-0.2, 0) is 20.4 Å². The summed E-state index contributed by atoms with van der Waals surface area (Å²) in [5.41, 5.74) is 1.22. The van der Waals surface area contributed by atoms with Gasteiger partial charge in [0.25, 0.3) is 0 Å². The molecule has 1 fully saturated rings. The number of carbonyl (C=O) groups is 1. The van der Waals surface area contributed by atoms with Gasteiger partial charge in [0.05, 0.1) is 7.11 Å². The summed E-state index contributed by atoms with van der Waals surface area (Å²) < 4.78 is 4.96. The summed E-state index contributed by atoms with van der Waals surface area (Å²) in [6.45, 7) is 8.29. The average molecular weight is 262 g/mol. The minimum Gasteiger partial charge on any atom is -0.468 e. The standard InChI is InChI=1S/C15H22N2O2/c1-10-9-11(14(2,3)4)17-12(16-10)15(7-6-8-15)13(18)19-5/h9H,6-8H2,1-5H3. The van der Waals surface area contributed by atoms with Gasteiger partial charge < -0.3 is 4.74 Å². The number of esters is 1. The van der Waals surface area contributed by atoms with Crippen molar-refractivity contribution < 1.29 is 9.53 Å². The summed E-state index contributed by atoms with van der Waals surface area (Å²) in [5.74, 6) is 0.430. The molecule has 0 atom stereocenters. The van der Waals surface area contributed by atoms with Crippen LogP contribution in [0.2, 0.25) is 0 Å². The zero-order chi connectivity index (χ0) is 14.3. The number of aryl methyl sites for hydroxylation is 1. The van der Waals surface area contributed by atoms with E-state index in [-0.39, 0.29) is 11.4 Å². The molecule has 0 bridgehead atoms. The van der Waals surface area contributed by atoms with E-state index in [1.807, 2.05) is 13.0 Å². The molecule has 0 N–H and O–H groups in total. The Balaban J connectivity index is 2.50. The number of nitrogens with zero attached hydrogens (tertiary/aromatic N) is 2. The third-order valence-electron chi connectivity index (χ3n) is 3.83. The molecule has 0 saturated heterocycles. The lowest BCUT2D eigenvalue weighted by atomic mass is 9.68. The molecule has 4 nitrogen and oxygen atoms in total. The van der Waals surface area contributed by atoms with E-state index in [0.29, 0.717) is 5.82 Å². The number of aromatic nitrogens is 2. The first-order valence-electron chi connectivity index (χ1n) is 6.75. The first-order chi connectivity index (χ1) is 8.79. The van der Waals surface area contributed by atoms with Gasteiger partial charge in [0.2, 0.25) is 0 Å². The molecule has 1 aromatic heterocycles. The summed E-state index contributed by atoms with van der Waals surface area (Å²) in [6, 6.07) is 1.99. The third kappa shape index (κ3) is 2.36. The Kier molecular flexibility index (Phi) is 3.37. The highest BCUT2D eigenvalue weighted by Gasteiger charge is 2.49. The van der Waals surface area contributed by atoms with Gasteiger partial charge in [-0.15, -0.1) is 0 Å². The van der Waals surface area contributed by atoms with Crippen molar-refractivity contribution in [2.75, 3.05) is 7.11 Å². The zero-order valence-corrected chi connectivity index (χ0v) is 12.4. The molecule has 4 heteroatoms. The average Bonchev–Trinajstić information content (AvgIpc) is 2.25. The molecule has 1 saturated carbocycles. The lowest BCUT2D eigenvalue weighted by molar-refractivity contribution is -0.151. The smallest absolute Gasteiger partial charge is 0.319 e. The minimum absolute atomic E-state index is 0.0521. The molecule has 0 spiro atoms. The number of rotatable bonds is 2. The molecule has 2 rings (SSSR count). The Labute approximate surface area is 114 Å². The molecule has 1 heterocycles. The highest BCUT2D eigenvalue weighted by atomic mass is 16.5. The van der Waals surface area contributed by atoms with Gasteiger partial charge in [-0.3, -0.25) is 4.79 Å². The third-order valence-corrected chi connectivity index (χ3v) is 3.83. The maximum absolute atomic E-state index is 12.1. The molecule has 1 aliphatic carbocycles. The second-order valence-corrected chi connectivity index (χ2v) is 6.40. The van der Waals surface area contributed by atoms with E-state index < -0.39 is 5.41 Å². The topological polar surface area (TPSA) is 52.1 Å². The van der Waals surface area contributed by atoms with Gasteiger partial charge in [0.15, 0.2) is 0 Å². The molecular weight excluding hydrogens is 240 g/mol. The van der Waals surface area contributed by atoms with Crippen molar-refractivity contribution in [2.24, 2.45) is 0 Å². The van der Waals surface area contributed by atoms with Crippen molar-refractivity contribution in [3.8, 4) is 0 Å². The number of methoxy groups -OCH3 is 1. The minimum atomic E-state index is -0.610. The highest BCUT2D eigenvalue weighted by Crippen LogP contribution is 2.43. The summed E-state index contributed by atoms with van der Waals surface area (Å²) in [7, 11) is 1.43. The molecule has 0 aliphatic heterocycles. The van der Waals surface area contributed by atoms with Gasteiger partial charge in [0.1, 0.15) is 11.2 Å². The fraction of sp³-hybridized carbons (Fsp3) is 0.667. The van der Waals surface area contributed by atoms with Crippen molar-refractivity contribution in [1.82, 2.24) is 9.97 Å². The molecule has 104 valence electrons. The quantitative estimate of drug-likeness (QED) is 0.769. The van der Waals surface area contributed by atoms with E-state index in [4.69, 9.17) is 4.74 Å². The number of hydrogen-bond acceptors (Lipinski definition) is 4. The maximum Gasteiger partial charge on any atom is 0.319 e. The number of ether oxygens (including phenoxy) is 1. The maximum atomic E-state index is 12.1.